The van der Waals surface area contributed by atoms with E-state index in [0.717, 1.165) is 11.1 Å². The highest BCUT2D eigenvalue weighted by molar-refractivity contribution is 6.33. The van der Waals surface area contributed by atoms with Gasteiger partial charge in [0.1, 0.15) is 18.0 Å². The Labute approximate surface area is 213 Å². The molecule has 180 valence electrons. The molecule has 0 bridgehead atoms. The molecule has 4 aromatic rings. The highest BCUT2D eigenvalue weighted by Gasteiger charge is 2.21. The van der Waals surface area contributed by atoms with E-state index in [-0.39, 0.29) is 23.3 Å². The van der Waals surface area contributed by atoms with E-state index in [0.29, 0.717) is 27.8 Å². The van der Waals surface area contributed by atoms with Crippen LogP contribution in [0, 0.1) is 13.8 Å². The van der Waals surface area contributed by atoms with Gasteiger partial charge in [0.25, 0.3) is 5.56 Å². The van der Waals surface area contributed by atoms with Crippen molar-refractivity contribution in [1.82, 2.24) is 19.5 Å². The van der Waals surface area contributed by atoms with Crippen LogP contribution in [-0.2, 0) is 12.2 Å². The fourth-order valence-corrected chi connectivity index (χ4v) is 3.96. The predicted octanol–water partition coefficient (Wildman–Crippen LogP) is 5.42. The van der Waals surface area contributed by atoms with E-state index in [1.165, 1.54) is 4.57 Å². The second-order valence-electron chi connectivity index (χ2n) is 8.69. The van der Waals surface area contributed by atoms with Gasteiger partial charge in [-0.3, -0.25) is 9.36 Å². The maximum Gasteiger partial charge on any atom is 0.280 e. The quantitative estimate of drug-likeness (QED) is 0.372. The molecule has 2 aromatic heterocycles. The van der Waals surface area contributed by atoms with E-state index < -0.39 is 11.2 Å². The molecule has 4 rings (SSSR count). The van der Waals surface area contributed by atoms with Crippen molar-refractivity contribution in [2.24, 2.45) is 0 Å². The number of aryl methyl sites for hydroxylation is 2. The topological polar surface area (TPSA) is 90.1 Å². The first-order chi connectivity index (χ1) is 16.5. The van der Waals surface area contributed by atoms with Gasteiger partial charge in [-0.25, -0.2) is 9.97 Å². The first-order valence-electron chi connectivity index (χ1n) is 10.9. The predicted molar refractivity (Wildman–Crippen MR) is 136 cm³/mol. The van der Waals surface area contributed by atoms with Gasteiger partial charge in [-0.05, 0) is 51.5 Å². The zero-order valence-electron chi connectivity index (χ0n) is 19.7. The third kappa shape index (κ3) is 5.37. The van der Waals surface area contributed by atoms with Gasteiger partial charge < -0.3 is 9.84 Å². The van der Waals surface area contributed by atoms with Crippen molar-refractivity contribution in [3.63, 3.8) is 0 Å². The molecule has 9 heteroatoms. The van der Waals surface area contributed by atoms with Crippen LogP contribution in [0.4, 0.5) is 0 Å². The van der Waals surface area contributed by atoms with Crippen molar-refractivity contribution in [3.05, 3.63) is 97.9 Å². The summed E-state index contributed by atoms with van der Waals surface area (Å²) < 4.78 is 7.11. The van der Waals surface area contributed by atoms with E-state index in [9.17, 15) is 9.90 Å². The Morgan fingerprint density at radius 2 is 1.83 bits per heavy atom. The molecule has 0 saturated carbocycles. The summed E-state index contributed by atoms with van der Waals surface area (Å²) in [6.45, 7) is 7.12. The highest BCUT2D eigenvalue weighted by atomic mass is 35.5. The molecular formula is C26H24Cl2N4O3. The van der Waals surface area contributed by atoms with E-state index in [4.69, 9.17) is 27.9 Å². The van der Waals surface area contributed by atoms with E-state index in [2.05, 4.69) is 15.0 Å². The van der Waals surface area contributed by atoms with Gasteiger partial charge >= 0.3 is 0 Å². The Hall–Kier alpha value is -3.26. The minimum Gasteiger partial charge on any atom is -0.472 e. The smallest absolute Gasteiger partial charge is 0.280 e. The lowest BCUT2D eigenvalue weighted by molar-refractivity contribution is 0.0688. The Morgan fingerprint density at radius 3 is 2.54 bits per heavy atom. The third-order valence-corrected chi connectivity index (χ3v) is 5.95. The summed E-state index contributed by atoms with van der Waals surface area (Å²) >= 11 is 12.9. The van der Waals surface area contributed by atoms with Crippen molar-refractivity contribution in [2.75, 3.05) is 0 Å². The average molecular weight is 511 g/mol. The first kappa shape index (κ1) is 24.9. The molecule has 0 aliphatic heterocycles. The summed E-state index contributed by atoms with van der Waals surface area (Å²) in [5.41, 5.74) is 1.98. The largest absolute Gasteiger partial charge is 0.472 e. The van der Waals surface area contributed by atoms with E-state index in [1.807, 2.05) is 31.2 Å². The molecule has 2 aromatic carbocycles. The summed E-state index contributed by atoms with van der Waals surface area (Å²) in [5, 5.41) is 10.5. The van der Waals surface area contributed by atoms with Crippen LogP contribution in [0.3, 0.4) is 0 Å². The number of ether oxygens (including phenoxy) is 1. The molecule has 0 amide bonds. The lowest BCUT2D eigenvalue weighted by Gasteiger charge is -2.17. The normalized spacial score (nSPS) is 11.5. The zero-order chi connectivity index (χ0) is 25.3. The van der Waals surface area contributed by atoms with Crippen molar-refractivity contribution < 1.29 is 9.84 Å². The van der Waals surface area contributed by atoms with E-state index >= 15 is 0 Å². The monoisotopic (exact) mass is 510 g/mol. The van der Waals surface area contributed by atoms with Crippen LogP contribution in [0.5, 0.6) is 5.88 Å². The average Bonchev–Trinajstić information content (AvgIpc) is 2.81. The fourth-order valence-electron chi connectivity index (χ4n) is 3.57. The number of aliphatic hydroxyl groups is 1. The van der Waals surface area contributed by atoms with Crippen LogP contribution in [0.15, 0.2) is 59.5 Å². The Balaban J connectivity index is 1.72. The number of halogens is 2. The van der Waals surface area contributed by atoms with Crippen LogP contribution >= 0.6 is 23.2 Å². The van der Waals surface area contributed by atoms with Crippen molar-refractivity contribution in [3.8, 4) is 22.8 Å². The SMILES string of the molecule is Cc1cccc(COc2nc(C)n(-c3cc(-c4ccnc(C(C)(C)O)n4)ccc3Cl)c(=O)c2Cl)c1. The number of hydrogen-bond donors (Lipinski definition) is 1. The fraction of sp³-hybridized carbons (Fsp3) is 0.231. The summed E-state index contributed by atoms with van der Waals surface area (Å²) in [5.74, 6) is 0.696. The van der Waals surface area contributed by atoms with Crippen molar-refractivity contribution in [1.29, 1.82) is 0 Å². The van der Waals surface area contributed by atoms with Gasteiger partial charge in [-0.2, -0.15) is 4.98 Å². The molecule has 2 heterocycles. The molecule has 0 aliphatic carbocycles. The summed E-state index contributed by atoms with van der Waals surface area (Å²) in [6, 6.07) is 14.7. The summed E-state index contributed by atoms with van der Waals surface area (Å²) in [7, 11) is 0. The number of nitrogens with zero attached hydrogens (tertiary/aromatic N) is 4. The molecule has 0 saturated heterocycles. The highest BCUT2D eigenvalue weighted by Crippen LogP contribution is 2.29. The van der Waals surface area contributed by atoms with Gasteiger partial charge in [-0.1, -0.05) is 59.1 Å². The minimum absolute atomic E-state index is 0.0600. The molecule has 0 spiro atoms. The van der Waals surface area contributed by atoms with Gasteiger partial charge in [0.05, 0.1) is 16.4 Å². The Bertz CT molecular complexity index is 1460. The number of aromatic nitrogens is 4. The van der Waals surface area contributed by atoms with Gasteiger partial charge in [-0.15, -0.1) is 0 Å². The van der Waals surface area contributed by atoms with Crippen LogP contribution in [0.1, 0.15) is 36.6 Å². The van der Waals surface area contributed by atoms with Crippen molar-refractivity contribution >= 4 is 23.2 Å². The second-order valence-corrected chi connectivity index (χ2v) is 9.47. The van der Waals surface area contributed by atoms with Crippen LogP contribution < -0.4 is 10.3 Å². The third-order valence-electron chi connectivity index (χ3n) is 5.31. The number of rotatable bonds is 6. The molecule has 0 unspecified atom stereocenters. The molecule has 0 aliphatic rings. The lowest BCUT2D eigenvalue weighted by atomic mass is 10.1. The lowest BCUT2D eigenvalue weighted by Crippen LogP contribution is -2.24. The van der Waals surface area contributed by atoms with Crippen LogP contribution in [0.2, 0.25) is 10.0 Å². The number of benzene rings is 2. The Kier molecular flexibility index (Phi) is 6.94. The Morgan fingerprint density at radius 1 is 1.06 bits per heavy atom. The molecule has 1 N–H and O–H groups in total. The molecule has 35 heavy (non-hydrogen) atoms. The molecule has 7 nitrogen and oxygen atoms in total. The maximum absolute atomic E-state index is 13.3. The van der Waals surface area contributed by atoms with Gasteiger partial charge in [0.15, 0.2) is 10.8 Å². The standard InChI is InChI=1S/C26H24Cl2N4O3/c1-15-6-5-7-17(12-15)14-35-23-22(28)24(33)32(16(2)30-23)21-13-18(8-9-19(21)27)20-10-11-29-25(31-20)26(3,4)34/h5-13,34H,14H2,1-4H3. The summed E-state index contributed by atoms with van der Waals surface area (Å²) in [4.78, 5) is 26.3. The first-order valence-corrected chi connectivity index (χ1v) is 11.6. The molecule has 0 fully saturated rings. The minimum atomic E-state index is -1.20. The maximum atomic E-state index is 13.3. The summed E-state index contributed by atoms with van der Waals surface area (Å²) in [6.07, 6.45) is 1.57. The van der Waals surface area contributed by atoms with Gasteiger partial charge in [0, 0.05) is 11.8 Å². The van der Waals surface area contributed by atoms with Crippen LogP contribution in [-0.4, -0.2) is 24.6 Å². The van der Waals surface area contributed by atoms with Gasteiger partial charge in [0.2, 0.25) is 5.88 Å². The van der Waals surface area contributed by atoms with E-state index in [1.54, 1.807) is 51.2 Å². The van der Waals surface area contributed by atoms with Crippen LogP contribution in [0.25, 0.3) is 16.9 Å². The zero-order valence-corrected chi connectivity index (χ0v) is 21.2. The molecule has 0 atom stereocenters. The number of hydrogen-bond acceptors (Lipinski definition) is 6. The molecular weight excluding hydrogens is 487 g/mol. The van der Waals surface area contributed by atoms with Crippen molar-refractivity contribution in [2.45, 2.75) is 39.9 Å². The second kappa shape index (κ2) is 9.77. The molecule has 0 radical (unpaired) electrons.